The Balaban J connectivity index is 2.65. The first kappa shape index (κ1) is 6.29. The number of rotatable bonds is 2. The molecule has 0 saturated heterocycles. The third kappa shape index (κ3) is 1.29. The van der Waals surface area contributed by atoms with Gasteiger partial charge in [-0.25, -0.2) is 4.39 Å². The van der Waals surface area contributed by atoms with Gasteiger partial charge in [-0.2, -0.15) is 0 Å². The van der Waals surface area contributed by atoms with Gasteiger partial charge in [0.15, 0.2) is 6.17 Å². The van der Waals surface area contributed by atoms with E-state index in [0.717, 1.165) is 0 Å². The van der Waals surface area contributed by atoms with Crippen molar-refractivity contribution in [1.29, 1.82) is 0 Å². The van der Waals surface area contributed by atoms with Gasteiger partial charge in [-0.1, -0.05) is 0 Å². The highest BCUT2D eigenvalue weighted by Crippen LogP contribution is 2.11. The van der Waals surface area contributed by atoms with Gasteiger partial charge < -0.3 is 10.7 Å². The molecule has 1 unspecified atom stereocenters. The third-order valence-corrected chi connectivity index (χ3v) is 1.17. The van der Waals surface area contributed by atoms with Crippen molar-refractivity contribution in [2.75, 3.05) is 6.54 Å². The molecule has 0 aliphatic heterocycles. The second-order valence-corrected chi connectivity index (χ2v) is 1.83. The summed E-state index contributed by atoms with van der Waals surface area (Å²) in [5.74, 6) is 0. The summed E-state index contributed by atoms with van der Waals surface area (Å²) < 4.78 is 12.5. The number of aromatic nitrogens is 1. The van der Waals surface area contributed by atoms with E-state index in [1.165, 1.54) is 0 Å². The lowest BCUT2D eigenvalue weighted by molar-refractivity contribution is 0.346. The van der Waals surface area contributed by atoms with E-state index in [1.54, 1.807) is 18.3 Å². The predicted octanol–water partition coefficient (Wildman–Crippen LogP) is 0.984. The van der Waals surface area contributed by atoms with E-state index in [4.69, 9.17) is 5.73 Å². The van der Waals surface area contributed by atoms with Gasteiger partial charge in [-0.05, 0) is 12.1 Å². The van der Waals surface area contributed by atoms with Crippen LogP contribution in [0.2, 0.25) is 0 Å². The summed E-state index contributed by atoms with van der Waals surface area (Å²) >= 11 is 0. The molecule has 0 saturated carbocycles. The van der Waals surface area contributed by atoms with Crippen LogP contribution in [0.25, 0.3) is 0 Å². The standard InChI is InChI=1S/C6H9FN2/c7-5(4-8)6-2-1-3-9-6/h1-3,5,9H,4,8H2. The number of nitrogens with two attached hydrogens (primary N) is 1. The van der Waals surface area contributed by atoms with E-state index in [9.17, 15) is 4.39 Å². The summed E-state index contributed by atoms with van der Waals surface area (Å²) in [5, 5.41) is 0. The Morgan fingerprint density at radius 3 is 3.00 bits per heavy atom. The summed E-state index contributed by atoms with van der Waals surface area (Å²) in [4.78, 5) is 2.73. The topological polar surface area (TPSA) is 41.8 Å². The molecule has 1 aromatic heterocycles. The molecule has 0 amide bonds. The number of aromatic amines is 1. The fraction of sp³-hybridized carbons (Fsp3) is 0.333. The smallest absolute Gasteiger partial charge is 0.152 e. The SMILES string of the molecule is NCC(F)c1ccc[nH]1. The van der Waals surface area contributed by atoms with Gasteiger partial charge in [-0.3, -0.25) is 0 Å². The second-order valence-electron chi connectivity index (χ2n) is 1.83. The van der Waals surface area contributed by atoms with Crippen LogP contribution in [0.3, 0.4) is 0 Å². The molecule has 9 heavy (non-hydrogen) atoms. The molecule has 0 spiro atoms. The molecule has 3 heteroatoms. The first-order valence-electron chi connectivity index (χ1n) is 2.82. The quantitative estimate of drug-likeness (QED) is 0.612. The van der Waals surface area contributed by atoms with Crippen molar-refractivity contribution in [2.45, 2.75) is 6.17 Å². The Kier molecular flexibility index (Phi) is 1.85. The Bertz CT molecular complexity index is 160. The molecule has 0 fully saturated rings. The van der Waals surface area contributed by atoms with Gasteiger partial charge >= 0.3 is 0 Å². The first-order chi connectivity index (χ1) is 4.34. The van der Waals surface area contributed by atoms with Crippen molar-refractivity contribution in [3.63, 3.8) is 0 Å². The summed E-state index contributed by atoms with van der Waals surface area (Å²) in [5.41, 5.74) is 5.62. The van der Waals surface area contributed by atoms with Gasteiger partial charge in [0, 0.05) is 12.7 Å². The largest absolute Gasteiger partial charge is 0.363 e. The Hall–Kier alpha value is -0.830. The fourth-order valence-corrected chi connectivity index (χ4v) is 0.666. The minimum Gasteiger partial charge on any atom is -0.363 e. The van der Waals surface area contributed by atoms with E-state index in [-0.39, 0.29) is 6.54 Å². The molecule has 0 aromatic carbocycles. The minimum absolute atomic E-state index is 0.0422. The fourth-order valence-electron chi connectivity index (χ4n) is 0.666. The van der Waals surface area contributed by atoms with Crippen molar-refractivity contribution in [2.24, 2.45) is 5.73 Å². The normalized spacial score (nSPS) is 13.6. The molecular weight excluding hydrogens is 119 g/mol. The number of hydrogen-bond acceptors (Lipinski definition) is 1. The Labute approximate surface area is 52.9 Å². The van der Waals surface area contributed by atoms with Crippen LogP contribution in [0.4, 0.5) is 4.39 Å². The first-order valence-corrected chi connectivity index (χ1v) is 2.82. The van der Waals surface area contributed by atoms with Crippen LogP contribution in [-0.2, 0) is 0 Å². The van der Waals surface area contributed by atoms with Gasteiger partial charge in [0.25, 0.3) is 0 Å². The van der Waals surface area contributed by atoms with E-state index < -0.39 is 6.17 Å². The highest BCUT2D eigenvalue weighted by molar-refractivity contribution is 5.06. The van der Waals surface area contributed by atoms with Gasteiger partial charge in [-0.15, -0.1) is 0 Å². The molecule has 1 atom stereocenters. The maximum absolute atomic E-state index is 12.5. The monoisotopic (exact) mass is 128 g/mol. The Morgan fingerprint density at radius 2 is 2.56 bits per heavy atom. The number of alkyl halides is 1. The highest BCUT2D eigenvalue weighted by atomic mass is 19.1. The molecule has 3 N–H and O–H groups in total. The summed E-state index contributed by atoms with van der Waals surface area (Å²) in [6, 6.07) is 3.43. The number of hydrogen-bond donors (Lipinski definition) is 2. The molecule has 0 aliphatic carbocycles. The number of nitrogens with one attached hydrogen (secondary N) is 1. The zero-order valence-corrected chi connectivity index (χ0v) is 4.97. The van der Waals surface area contributed by atoms with Crippen LogP contribution in [0, 0.1) is 0 Å². The van der Waals surface area contributed by atoms with Crippen LogP contribution in [0.5, 0.6) is 0 Å². The molecule has 50 valence electrons. The second kappa shape index (κ2) is 2.64. The maximum Gasteiger partial charge on any atom is 0.152 e. The van der Waals surface area contributed by atoms with Gasteiger partial charge in [0.2, 0.25) is 0 Å². The van der Waals surface area contributed by atoms with Crippen LogP contribution < -0.4 is 5.73 Å². The zero-order valence-electron chi connectivity index (χ0n) is 4.97. The molecule has 0 aliphatic rings. The van der Waals surface area contributed by atoms with Crippen molar-refractivity contribution in [1.82, 2.24) is 4.98 Å². The third-order valence-electron chi connectivity index (χ3n) is 1.17. The molecule has 1 aromatic rings. The van der Waals surface area contributed by atoms with Crippen molar-refractivity contribution < 1.29 is 4.39 Å². The van der Waals surface area contributed by atoms with E-state index >= 15 is 0 Å². The molecule has 0 radical (unpaired) electrons. The zero-order chi connectivity index (χ0) is 6.69. The Morgan fingerprint density at radius 1 is 1.78 bits per heavy atom. The van der Waals surface area contributed by atoms with E-state index in [2.05, 4.69) is 4.98 Å². The lowest BCUT2D eigenvalue weighted by atomic mass is 10.3. The average molecular weight is 128 g/mol. The van der Waals surface area contributed by atoms with Crippen LogP contribution >= 0.6 is 0 Å². The molecular formula is C6H9FN2. The number of H-pyrrole nitrogens is 1. The molecule has 0 bridgehead atoms. The van der Waals surface area contributed by atoms with Crippen LogP contribution in [0.1, 0.15) is 11.9 Å². The lowest BCUT2D eigenvalue weighted by Crippen LogP contribution is -2.07. The summed E-state index contributed by atoms with van der Waals surface area (Å²) in [6.07, 6.45) is 0.636. The summed E-state index contributed by atoms with van der Waals surface area (Å²) in [6.45, 7) is 0.0422. The van der Waals surface area contributed by atoms with Crippen molar-refractivity contribution >= 4 is 0 Å². The van der Waals surface area contributed by atoms with Gasteiger partial charge in [0.05, 0.1) is 5.69 Å². The van der Waals surface area contributed by atoms with Crippen LogP contribution in [0.15, 0.2) is 18.3 Å². The predicted molar refractivity (Wildman–Crippen MR) is 33.7 cm³/mol. The maximum atomic E-state index is 12.5. The minimum atomic E-state index is -1.04. The summed E-state index contributed by atoms with van der Waals surface area (Å²) in [7, 11) is 0. The molecule has 1 heterocycles. The van der Waals surface area contributed by atoms with E-state index in [0.29, 0.717) is 5.69 Å². The van der Waals surface area contributed by atoms with E-state index in [1.807, 2.05) is 0 Å². The van der Waals surface area contributed by atoms with Crippen molar-refractivity contribution in [3.8, 4) is 0 Å². The highest BCUT2D eigenvalue weighted by Gasteiger charge is 2.05. The number of halogens is 1. The lowest BCUT2D eigenvalue weighted by Gasteiger charge is -1.99. The van der Waals surface area contributed by atoms with Crippen molar-refractivity contribution in [3.05, 3.63) is 24.0 Å². The average Bonchev–Trinajstić information content (AvgIpc) is 2.37. The molecule has 1 rings (SSSR count). The van der Waals surface area contributed by atoms with Gasteiger partial charge in [0.1, 0.15) is 0 Å². The van der Waals surface area contributed by atoms with Crippen LogP contribution in [-0.4, -0.2) is 11.5 Å². The molecule has 2 nitrogen and oxygen atoms in total.